The Hall–Kier alpha value is -1.71. The maximum Gasteiger partial charge on any atom is 0.268 e. The van der Waals surface area contributed by atoms with Gasteiger partial charge in [-0.25, -0.2) is 4.98 Å². The molecule has 17 heavy (non-hydrogen) atoms. The molecular formula is C11H14N4O2. The van der Waals surface area contributed by atoms with E-state index in [4.69, 9.17) is 10.00 Å². The second-order valence-corrected chi connectivity index (χ2v) is 3.88. The minimum atomic E-state index is -0.408. The van der Waals surface area contributed by atoms with E-state index in [0.717, 1.165) is 13.1 Å². The summed E-state index contributed by atoms with van der Waals surface area (Å²) < 4.78 is 5.57. The zero-order valence-electron chi connectivity index (χ0n) is 9.64. The summed E-state index contributed by atoms with van der Waals surface area (Å²) in [5, 5.41) is 8.65. The second kappa shape index (κ2) is 5.08. The van der Waals surface area contributed by atoms with Crippen LogP contribution in [0.4, 0.5) is 0 Å². The van der Waals surface area contributed by atoms with Gasteiger partial charge in [0.25, 0.3) is 5.56 Å². The van der Waals surface area contributed by atoms with E-state index in [1.165, 1.54) is 6.20 Å². The molecule has 1 atom stereocenters. The predicted octanol–water partition coefficient (Wildman–Crippen LogP) is 0.0348. The molecule has 2 rings (SSSR count). The van der Waals surface area contributed by atoms with Gasteiger partial charge in [0.15, 0.2) is 0 Å². The first kappa shape index (κ1) is 11.8. The van der Waals surface area contributed by atoms with Crippen molar-refractivity contribution in [3.05, 3.63) is 27.9 Å². The number of likely N-dealkylation sites (N-methyl/N-ethyl adjacent to an activating group) is 1. The van der Waals surface area contributed by atoms with Crippen LogP contribution in [0, 0.1) is 11.3 Å². The molecule has 0 spiro atoms. The molecule has 0 aliphatic carbocycles. The molecule has 0 saturated carbocycles. The summed E-state index contributed by atoms with van der Waals surface area (Å²) in [6.45, 7) is 5.26. The van der Waals surface area contributed by atoms with Gasteiger partial charge in [-0.1, -0.05) is 6.92 Å². The number of nitrogens with one attached hydrogen (secondary N) is 1. The molecule has 6 heteroatoms. The number of H-pyrrole nitrogens is 1. The lowest BCUT2D eigenvalue weighted by molar-refractivity contribution is -0.0327. The van der Waals surface area contributed by atoms with Crippen LogP contribution in [0.2, 0.25) is 0 Å². The van der Waals surface area contributed by atoms with Crippen molar-refractivity contribution in [1.29, 1.82) is 5.26 Å². The van der Waals surface area contributed by atoms with Crippen molar-refractivity contribution in [3.8, 4) is 6.07 Å². The summed E-state index contributed by atoms with van der Waals surface area (Å²) in [6, 6.07) is 1.79. The molecule has 0 radical (unpaired) electrons. The summed E-state index contributed by atoms with van der Waals surface area (Å²) in [5.74, 6) is 0.493. The lowest BCUT2D eigenvalue weighted by Gasteiger charge is -2.31. The maximum absolute atomic E-state index is 11.5. The maximum atomic E-state index is 11.5. The van der Waals surface area contributed by atoms with E-state index in [-0.39, 0.29) is 11.7 Å². The van der Waals surface area contributed by atoms with Crippen molar-refractivity contribution in [2.75, 3.05) is 26.2 Å². The lowest BCUT2D eigenvalue weighted by atomic mass is 10.2. The number of hydrogen-bond donors (Lipinski definition) is 1. The van der Waals surface area contributed by atoms with Crippen LogP contribution in [-0.4, -0.2) is 41.1 Å². The molecule has 1 saturated heterocycles. The second-order valence-electron chi connectivity index (χ2n) is 3.88. The molecule has 0 amide bonds. The van der Waals surface area contributed by atoms with E-state index in [0.29, 0.717) is 19.0 Å². The van der Waals surface area contributed by atoms with Gasteiger partial charge in [0.1, 0.15) is 23.6 Å². The Balaban J connectivity index is 2.20. The van der Waals surface area contributed by atoms with Gasteiger partial charge >= 0.3 is 0 Å². The SMILES string of the molecule is CCN1CCOC(c2ncc(C#N)c(=O)[nH]2)C1. The number of aromatic nitrogens is 2. The molecule has 6 nitrogen and oxygen atoms in total. The fourth-order valence-electron chi connectivity index (χ4n) is 1.81. The van der Waals surface area contributed by atoms with Gasteiger partial charge in [-0.3, -0.25) is 9.69 Å². The number of aromatic amines is 1. The van der Waals surface area contributed by atoms with Gasteiger partial charge in [-0.05, 0) is 6.54 Å². The number of nitrogens with zero attached hydrogens (tertiary/aromatic N) is 3. The number of ether oxygens (including phenoxy) is 1. The first-order chi connectivity index (χ1) is 8.24. The van der Waals surface area contributed by atoms with E-state index < -0.39 is 5.56 Å². The summed E-state index contributed by atoms with van der Waals surface area (Å²) in [6.07, 6.45) is 1.08. The minimum absolute atomic E-state index is 0.0249. The molecule has 1 aromatic rings. The molecule has 1 aliphatic rings. The first-order valence-corrected chi connectivity index (χ1v) is 5.58. The molecule has 2 heterocycles. The van der Waals surface area contributed by atoms with Gasteiger partial charge < -0.3 is 9.72 Å². The van der Waals surface area contributed by atoms with Crippen molar-refractivity contribution in [2.24, 2.45) is 0 Å². The van der Waals surface area contributed by atoms with Crippen molar-refractivity contribution >= 4 is 0 Å². The van der Waals surface area contributed by atoms with Crippen LogP contribution in [0.3, 0.4) is 0 Å². The summed E-state index contributed by atoms with van der Waals surface area (Å²) in [7, 11) is 0. The molecule has 1 N–H and O–H groups in total. The van der Waals surface area contributed by atoms with Gasteiger partial charge in [0, 0.05) is 13.1 Å². The molecule has 0 bridgehead atoms. The molecule has 1 aromatic heterocycles. The highest BCUT2D eigenvalue weighted by atomic mass is 16.5. The Labute approximate surface area is 98.8 Å². The minimum Gasteiger partial charge on any atom is -0.368 e. The molecule has 90 valence electrons. The quantitative estimate of drug-likeness (QED) is 0.781. The van der Waals surface area contributed by atoms with Crippen LogP contribution < -0.4 is 5.56 Å². The smallest absolute Gasteiger partial charge is 0.268 e. The topological polar surface area (TPSA) is 82.0 Å². The standard InChI is InChI=1S/C11H14N4O2/c1-2-15-3-4-17-9(7-15)10-13-6-8(5-12)11(16)14-10/h6,9H,2-4,7H2,1H3,(H,13,14,16). The first-order valence-electron chi connectivity index (χ1n) is 5.58. The van der Waals surface area contributed by atoms with Crippen molar-refractivity contribution in [2.45, 2.75) is 13.0 Å². The van der Waals surface area contributed by atoms with E-state index in [1.54, 1.807) is 6.07 Å². The average molecular weight is 234 g/mol. The highest BCUT2D eigenvalue weighted by Crippen LogP contribution is 2.17. The van der Waals surface area contributed by atoms with Crippen molar-refractivity contribution in [1.82, 2.24) is 14.9 Å². The largest absolute Gasteiger partial charge is 0.368 e. The van der Waals surface area contributed by atoms with E-state index in [1.807, 2.05) is 0 Å². The third kappa shape index (κ3) is 2.52. The molecule has 1 unspecified atom stereocenters. The summed E-state index contributed by atoms with van der Waals surface area (Å²) >= 11 is 0. The normalized spacial score (nSPS) is 21.1. The van der Waals surface area contributed by atoms with Crippen LogP contribution in [0.5, 0.6) is 0 Å². The fraction of sp³-hybridized carbons (Fsp3) is 0.545. The van der Waals surface area contributed by atoms with E-state index in [2.05, 4.69) is 21.8 Å². The zero-order chi connectivity index (χ0) is 12.3. The Kier molecular flexibility index (Phi) is 3.52. The number of morpholine rings is 1. The van der Waals surface area contributed by atoms with Gasteiger partial charge in [0.2, 0.25) is 0 Å². The fourth-order valence-corrected chi connectivity index (χ4v) is 1.81. The Morgan fingerprint density at radius 1 is 1.76 bits per heavy atom. The molecular weight excluding hydrogens is 220 g/mol. The number of rotatable bonds is 2. The molecule has 1 fully saturated rings. The van der Waals surface area contributed by atoms with Gasteiger partial charge in [-0.2, -0.15) is 5.26 Å². The Bertz CT molecular complexity index is 491. The van der Waals surface area contributed by atoms with Crippen LogP contribution in [0.15, 0.2) is 11.0 Å². The van der Waals surface area contributed by atoms with Crippen LogP contribution in [-0.2, 0) is 4.74 Å². The third-order valence-corrected chi connectivity index (χ3v) is 2.84. The Morgan fingerprint density at radius 2 is 2.59 bits per heavy atom. The summed E-state index contributed by atoms with van der Waals surface area (Å²) in [5.41, 5.74) is -0.383. The molecule has 0 aromatic carbocycles. The third-order valence-electron chi connectivity index (χ3n) is 2.84. The average Bonchev–Trinajstić information content (AvgIpc) is 2.38. The van der Waals surface area contributed by atoms with Crippen LogP contribution in [0.25, 0.3) is 0 Å². The Morgan fingerprint density at radius 3 is 3.24 bits per heavy atom. The molecule has 1 aliphatic heterocycles. The van der Waals surface area contributed by atoms with E-state index >= 15 is 0 Å². The van der Waals surface area contributed by atoms with Crippen molar-refractivity contribution in [3.63, 3.8) is 0 Å². The van der Waals surface area contributed by atoms with Gasteiger partial charge in [0.05, 0.1) is 12.8 Å². The van der Waals surface area contributed by atoms with Crippen LogP contribution >= 0.6 is 0 Å². The number of nitriles is 1. The zero-order valence-corrected chi connectivity index (χ0v) is 9.64. The summed E-state index contributed by atoms with van der Waals surface area (Å²) in [4.78, 5) is 20.4. The van der Waals surface area contributed by atoms with E-state index in [9.17, 15) is 4.79 Å². The predicted molar refractivity (Wildman–Crippen MR) is 60.4 cm³/mol. The monoisotopic (exact) mass is 234 g/mol. The lowest BCUT2D eigenvalue weighted by Crippen LogP contribution is -2.39. The van der Waals surface area contributed by atoms with Crippen LogP contribution in [0.1, 0.15) is 24.4 Å². The van der Waals surface area contributed by atoms with Crippen molar-refractivity contribution < 1.29 is 4.74 Å². The highest BCUT2D eigenvalue weighted by molar-refractivity contribution is 5.22. The van der Waals surface area contributed by atoms with Gasteiger partial charge in [-0.15, -0.1) is 0 Å². The highest BCUT2D eigenvalue weighted by Gasteiger charge is 2.23. The number of hydrogen-bond acceptors (Lipinski definition) is 5.